The SMILES string of the molecule is Cc1oc2ncn(C)c(=O)c2c1C(=O)N1C[C@H]2COCC[C@@]2(C(=O)O)C1. The molecule has 0 aromatic carbocycles. The molecule has 4 heterocycles. The quantitative estimate of drug-likeness (QED) is 0.823. The van der Waals surface area contributed by atoms with E-state index in [1.165, 1.54) is 15.8 Å². The van der Waals surface area contributed by atoms with Gasteiger partial charge in [-0.25, -0.2) is 4.98 Å². The van der Waals surface area contributed by atoms with E-state index in [2.05, 4.69) is 4.98 Å². The molecule has 0 bridgehead atoms. The van der Waals surface area contributed by atoms with Crippen molar-refractivity contribution in [3.05, 3.63) is 28.0 Å². The highest BCUT2D eigenvalue weighted by molar-refractivity contribution is 6.06. The van der Waals surface area contributed by atoms with Crippen molar-refractivity contribution in [1.29, 1.82) is 0 Å². The number of likely N-dealkylation sites (tertiary alicyclic amines) is 1. The summed E-state index contributed by atoms with van der Waals surface area (Å²) >= 11 is 0. The molecule has 2 aliphatic heterocycles. The topological polar surface area (TPSA) is 115 Å². The normalized spacial score (nSPS) is 25.5. The molecule has 2 aromatic heterocycles. The number of furan rings is 1. The fourth-order valence-corrected chi connectivity index (χ4v) is 4.06. The van der Waals surface area contributed by atoms with Gasteiger partial charge in [0.1, 0.15) is 17.5 Å². The minimum Gasteiger partial charge on any atom is -0.481 e. The second kappa shape index (κ2) is 5.66. The summed E-state index contributed by atoms with van der Waals surface area (Å²) in [7, 11) is 1.55. The maximum atomic E-state index is 13.2. The van der Waals surface area contributed by atoms with E-state index < -0.39 is 17.3 Å². The van der Waals surface area contributed by atoms with Crippen LogP contribution >= 0.6 is 0 Å². The Balaban J connectivity index is 1.77. The van der Waals surface area contributed by atoms with Crippen LogP contribution in [0.5, 0.6) is 0 Å². The van der Waals surface area contributed by atoms with Crippen molar-refractivity contribution in [2.45, 2.75) is 13.3 Å². The molecule has 4 rings (SSSR count). The highest BCUT2D eigenvalue weighted by Gasteiger charge is 2.55. The van der Waals surface area contributed by atoms with Crippen molar-refractivity contribution in [2.75, 3.05) is 26.3 Å². The lowest BCUT2D eigenvalue weighted by molar-refractivity contribution is -0.157. The average Bonchev–Trinajstić information content (AvgIpc) is 3.16. The predicted molar refractivity (Wildman–Crippen MR) is 88.9 cm³/mol. The summed E-state index contributed by atoms with van der Waals surface area (Å²) in [5, 5.41) is 9.89. The lowest BCUT2D eigenvalue weighted by Gasteiger charge is -2.33. The van der Waals surface area contributed by atoms with Gasteiger partial charge in [-0.3, -0.25) is 14.4 Å². The van der Waals surface area contributed by atoms with Crippen LogP contribution in [0, 0.1) is 18.3 Å². The van der Waals surface area contributed by atoms with Crippen LogP contribution in [0.4, 0.5) is 0 Å². The molecule has 2 atom stereocenters. The van der Waals surface area contributed by atoms with Gasteiger partial charge in [0.2, 0.25) is 5.71 Å². The van der Waals surface area contributed by atoms with E-state index in [1.807, 2.05) is 0 Å². The van der Waals surface area contributed by atoms with Crippen molar-refractivity contribution in [3.63, 3.8) is 0 Å². The zero-order valence-electron chi connectivity index (χ0n) is 14.5. The smallest absolute Gasteiger partial charge is 0.311 e. The van der Waals surface area contributed by atoms with Crippen molar-refractivity contribution >= 4 is 23.0 Å². The molecule has 0 spiro atoms. The molecule has 2 saturated heterocycles. The first kappa shape index (κ1) is 16.8. The van der Waals surface area contributed by atoms with Gasteiger partial charge in [-0.05, 0) is 13.3 Å². The fourth-order valence-electron chi connectivity index (χ4n) is 4.06. The van der Waals surface area contributed by atoms with E-state index in [4.69, 9.17) is 9.15 Å². The third-order valence-electron chi connectivity index (χ3n) is 5.58. The first-order chi connectivity index (χ1) is 12.3. The van der Waals surface area contributed by atoms with E-state index >= 15 is 0 Å². The van der Waals surface area contributed by atoms with Gasteiger partial charge in [-0.15, -0.1) is 0 Å². The number of aliphatic carboxylic acids is 1. The van der Waals surface area contributed by atoms with Gasteiger partial charge in [-0.1, -0.05) is 0 Å². The first-order valence-corrected chi connectivity index (χ1v) is 8.40. The molecule has 0 aliphatic carbocycles. The number of carboxylic acids is 1. The Bertz CT molecular complexity index is 977. The summed E-state index contributed by atoms with van der Waals surface area (Å²) < 4.78 is 12.2. The summed E-state index contributed by atoms with van der Waals surface area (Å²) in [6.07, 6.45) is 1.70. The number of hydrogen-bond acceptors (Lipinski definition) is 6. The van der Waals surface area contributed by atoms with Gasteiger partial charge in [0.15, 0.2) is 0 Å². The van der Waals surface area contributed by atoms with E-state index in [9.17, 15) is 19.5 Å². The molecular weight excluding hydrogens is 342 g/mol. The number of amides is 1. The van der Waals surface area contributed by atoms with Gasteiger partial charge >= 0.3 is 5.97 Å². The number of carbonyl (C=O) groups excluding carboxylic acids is 1. The number of carbonyl (C=O) groups is 2. The van der Waals surface area contributed by atoms with Crippen molar-refractivity contribution in [1.82, 2.24) is 14.5 Å². The van der Waals surface area contributed by atoms with Crippen LogP contribution in [0.3, 0.4) is 0 Å². The summed E-state index contributed by atoms with van der Waals surface area (Å²) in [4.78, 5) is 43.1. The maximum Gasteiger partial charge on any atom is 0.311 e. The van der Waals surface area contributed by atoms with Crippen LogP contribution in [-0.2, 0) is 16.6 Å². The summed E-state index contributed by atoms with van der Waals surface area (Å²) in [5.41, 5.74) is -1.09. The van der Waals surface area contributed by atoms with Crippen LogP contribution in [0.25, 0.3) is 11.1 Å². The summed E-state index contributed by atoms with van der Waals surface area (Å²) in [6.45, 7) is 2.65. The molecule has 1 amide bonds. The molecule has 0 saturated carbocycles. The molecular formula is C17H19N3O6. The van der Waals surface area contributed by atoms with Crippen LogP contribution in [0.15, 0.2) is 15.5 Å². The predicted octanol–water partition coefficient (Wildman–Crippen LogP) is 0.398. The molecule has 1 N–H and O–H groups in total. The molecule has 9 nitrogen and oxygen atoms in total. The number of carboxylic acid groups (broad SMARTS) is 1. The van der Waals surface area contributed by atoms with Gasteiger partial charge < -0.3 is 23.7 Å². The molecule has 0 radical (unpaired) electrons. The first-order valence-electron chi connectivity index (χ1n) is 8.40. The molecule has 138 valence electrons. The maximum absolute atomic E-state index is 13.2. The number of aromatic nitrogens is 2. The summed E-state index contributed by atoms with van der Waals surface area (Å²) in [5.74, 6) is -1.28. The third kappa shape index (κ3) is 2.20. The second-order valence-electron chi connectivity index (χ2n) is 7.04. The molecule has 2 fully saturated rings. The molecule has 9 heteroatoms. The Morgan fingerprint density at radius 3 is 2.88 bits per heavy atom. The average molecular weight is 361 g/mol. The third-order valence-corrected chi connectivity index (χ3v) is 5.58. The van der Waals surface area contributed by atoms with Crippen molar-refractivity contribution in [3.8, 4) is 0 Å². The fraction of sp³-hybridized carbons (Fsp3) is 0.529. The lowest BCUT2D eigenvalue weighted by atomic mass is 9.74. The number of ether oxygens (including phenoxy) is 1. The number of nitrogens with zero attached hydrogens (tertiary/aromatic N) is 3. The Hall–Kier alpha value is -2.68. The zero-order chi connectivity index (χ0) is 18.6. The molecule has 2 aromatic rings. The van der Waals surface area contributed by atoms with E-state index in [0.717, 1.165) is 0 Å². The van der Waals surface area contributed by atoms with Crippen LogP contribution in [0.1, 0.15) is 22.5 Å². The molecule has 26 heavy (non-hydrogen) atoms. The molecule has 2 aliphatic rings. The number of hydrogen-bond donors (Lipinski definition) is 1. The molecule has 0 unspecified atom stereocenters. The number of rotatable bonds is 2. The Morgan fingerprint density at radius 1 is 1.42 bits per heavy atom. The Labute approximate surface area is 148 Å². The standard InChI is InChI=1S/C17H19N3O6/c1-9-11(12-13(26-9)18-8-19(2)14(12)21)15(22)20-5-10-6-25-4-3-17(10,7-20)16(23)24/h8,10H,3-7H2,1-2H3,(H,23,24)/t10-,17+/m0/s1. The van der Waals surface area contributed by atoms with Gasteiger partial charge in [0, 0.05) is 32.7 Å². The second-order valence-corrected chi connectivity index (χ2v) is 7.04. The highest BCUT2D eigenvalue weighted by Crippen LogP contribution is 2.43. The Kier molecular flexibility index (Phi) is 3.65. The zero-order valence-corrected chi connectivity index (χ0v) is 14.5. The van der Waals surface area contributed by atoms with Crippen molar-refractivity contribution in [2.24, 2.45) is 18.4 Å². The minimum absolute atomic E-state index is 0.0991. The minimum atomic E-state index is -0.995. The van der Waals surface area contributed by atoms with Crippen LogP contribution in [0.2, 0.25) is 0 Å². The number of fused-ring (bicyclic) bond motifs is 2. The van der Waals surface area contributed by atoms with Crippen molar-refractivity contribution < 1.29 is 23.8 Å². The van der Waals surface area contributed by atoms with Gasteiger partial charge in [0.05, 0.1) is 17.6 Å². The Morgan fingerprint density at radius 2 is 2.19 bits per heavy atom. The van der Waals surface area contributed by atoms with Gasteiger partial charge in [-0.2, -0.15) is 0 Å². The largest absolute Gasteiger partial charge is 0.481 e. The van der Waals surface area contributed by atoms with E-state index in [-0.39, 0.29) is 41.2 Å². The van der Waals surface area contributed by atoms with Crippen LogP contribution in [-0.4, -0.2) is 57.7 Å². The highest BCUT2D eigenvalue weighted by atomic mass is 16.5. The lowest BCUT2D eigenvalue weighted by Crippen LogP contribution is -2.45. The summed E-state index contributed by atoms with van der Waals surface area (Å²) in [6, 6.07) is 0. The van der Waals surface area contributed by atoms with E-state index in [1.54, 1.807) is 14.0 Å². The van der Waals surface area contributed by atoms with Crippen LogP contribution < -0.4 is 5.56 Å². The number of aryl methyl sites for hydroxylation is 2. The van der Waals surface area contributed by atoms with E-state index in [0.29, 0.717) is 25.4 Å². The van der Waals surface area contributed by atoms with Gasteiger partial charge in [0.25, 0.3) is 11.5 Å². The monoisotopic (exact) mass is 361 g/mol.